The molecule has 0 radical (unpaired) electrons. The summed E-state index contributed by atoms with van der Waals surface area (Å²) in [6.45, 7) is 1.55. The van der Waals surface area contributed by atoms with Gasteiger partial charge in [0, 0.05) is 31.3 Å². The van der Waals surface area contributed by atoms with E-state index in [0.29, 0.717) is 25.5 Å². The van der Waals surface area contributed by atoms with Gasteiger partial charge in [0.15, 0.2) is 0 Å². The average Bonchev–Trinajstić information content (AvgIpc) is 2.96. The first-order chi connectivity index (χ1) is 12.3. The van der Waals surface area contributed by atoms with E-state index in [4.69, 9.17) is 9.47 Å². The highest BCUT2D eigenvalue weighted by Crippen LogP contribution is 2.33. The normalized spacial score (nSPS) is 25.6. The van der Waals surface area contributed by atoms with Crippen LogP contribution < -0.4 is 0 Å². The molecule has 0 aromatic carbocycles. The molecule has 1 amide bonds. The largest absolute Gasteiger partial charge is 0.374 e. The third kappa shape index (κ3) is 3.38. The second kappa shape index (κ2) is 7.25. The minimum Gasteiger partial charge on any atom is -0.374 e. The van der Waals surface area contributed by atoms with Gasteiger partial charge in [0.05, 0.1) is 31.6 Å². The van der Waals surface area contributed by atoms with E-state index in [2.05, 4.69) is 15.0 Å². The van der Waals surface area contributed by atoms with Crippen LogP contribution in [0.15, 0.2) is 43.1 Å². The van der Waals surface area contributed by atoms with Gasteiger partial charge in [-0.2, -0.15) is 0 Å². The summed E-state index contributed by atoms with van der Waals surface area (Å²) >= 11 is 0. The monoisotopic (exact) mass is 340 g/mol. The van der Waals surface area contributed by atoms with E-state index in [1.807, 2.05) is 17.0 Å². The van der Waals surface area contributed by atoms with Gasteiger partial charge in [-0.25, -0.2) is 4.98 Å². The molecule has 2 aromatic rings. The lowest BCUT2D eigenvalue weighted by atomic mass is 10.1. The summed E-state index contributed by atoms with van der Waals surface area (Å²) in [6, 6.07) is 3.87. The molecule has 2 bridgehead atoms. The standard InChI is InChI=1S/C18H20N4O3/c23-18(14-11-20-7-8-21-14)22-9-10-24-16-2-1-15(22)17(16)25-12-13-3-5-19-6-4-13/h3-8,11,15-17H,1-2,9-10,12H2/t15-,16-,17+/m0/s1. The predicted octanol–water partition coefficient (Wildman–Crippen LogP) is 1.46. The van der Waals surface area contributed by atoms with E-state index in [-0.39, 0.29) is 24.2 Å². The summed E-state index contributed by atoms with van der Waals surface area (Å²) in [5.74, 6) is -0.109. The van der Waals surface area contributed by atoms with Gasteiger partial charge in [-0.3, -0.25) is 14.8 Å². The Morgan fingerprint density at radius 3 is 2.88 bits per heavy atom. The van der Waals surface area contributed by atoms with Crippen LogP contribution in [0.25, 0.3) is 0 Å². The van der Waals surface area contributed by atoms with E-state index in [1.54, 1.807) is 18.6 Å². The first kappa shape index (κ1) is 16.1. The zero-order valence-electron chi connectivity index (χ0n) is 13.8. The maximum absolute atomic E-state index is 12.9. The van der Waals surface area contributed by atoms with Gasteiger partial charge in [-0.05, 0) is 30.5 Å². The lowest BCUT2D eigenvalue weighted by molar-refractivity contribution is -0.0598. The number of rotatable bonds is 4. The van der Waals surface area contributed by atoms with E-state index < -0.39 is 0 Å². The molecule has 7 heteroatoms. The Morgan fingerprint density at radius 2 is 2.08 bits per heavy atom. The number of hydrogen-bond donors (Lipinski definition) is 0. The van der Waals surface area contributed by atoms with Crippen LogP contribution in [-0.4, -0.2) is 57.2 Å². The Hall–Kier alpha value is -2.38. The Bertz CT molecular complexity index is 713. The van der Waals surface area contributed by atoms with Crippen LogP contribution in [0.3, 0.4) is 0 Å². The van der Waals surface area contributed by atoms with E-state index in [0.717, 1.165) is 18.4 Å². The van der Waals surface area contributed by atoms with Crippen molar-refractivity contribution in [3.05, 3.63) is 54.4 Å². The van der Waals surface area contributed by atoms with Crippen molar-refractivity contribution in [2.24, 2.45) is 0 Å². The lowest BCUT2D eigenvalue weighted by Gasteiger charge is -2.31. The minimum atomic E-state index is -0.128. The molecule has 2 fully saturated rings. The molecule has 4 rings (SSSR count). The molecule has 1 aliphatic carbocycles. The maximum atomic E-state index is 12.9. The van der Waals surface area contributed by atoms with Crippen LogP contribution in [0.2, 0.25) is 0 Å². The van der Waals surface area contributed by atoms with Gasteiger partial charge < -0.3 is 14.4 Å². The van der Waals surface area contributed by atoms with Crippen LogP contribution in [0.5, 0.6) is 0 Å². The molecule has 0 unspecified atom stereocenters. The number of hydrogen-bond acceptors (Lipinski definition) is 6. The van der Waals surface area contributed by atoms with E-state index in [9.17, 15) is 4.79 Å². The molecule has 3 heterocycles. The molecule has 1 aliphatic heterocycles. The molecule has 130 valence electrons. The van der Waals surface area contributed by atoms with Crippen molar-refractivity contribution in [1.82, 2.24) is 19.9 Å². The highest BCUT2D eigenvalue weighted by Gasteiger charge is 2.45. The van der Waals surface area contributed by atoms with Crippen LogP contribution in [0, 0.1) is 0 Å². The summed E-state index contributed by atoms with van der Waals surface area (Å²) in [5, 5.41) is 0. The number of ether oxygens (including phenoxy) is 2. The van der Waals surface area contributed by atoms with Gasteiger partial charge in [-0.1, -0.05) is 0 Å². The molecule has 7 nitrogen and oxygen atoms in total. The van der Waals surface area contributed by atoms with Crippen LogP contribution in [0.1, 0.15) is 28.9 Å². The number of nitrogens with zero attached hydrogens (tertiary/aromatic N) is 4. The molecule has 0 spiro atoms. The van der Waals surface area contributed by atoms with Crippen LogP contribution in [-0.2, 0) is 16.1 Å². The summed E-state index contributed by atoms with van der Waals surface area (Å²) in [4.78, 5) is 26.9. The van der Waals surface area contributed by atoms with Crippen molar-refractivity contribution in [3.63, 3.8) is 0 Å². The van der Waals surface area contributed by atoms with Gasteiger partial charge >= 0.3 is 0 Å². The fraction of sp³-hybridized carbons (Fsp3) is 0.444. The lowest BCUT2D eigenvalue weighted by Crippen LogP contribution is -2.46. The maximum Gasteiger partial charge on any atom is 0.274 e. The van der Waals surface area contributed by atoms with Gasteiger partial charge in [0.25, 0.3) is 5.91 Å². The Balaban J connectivity index is 1.51. The predicted molar refractivity (Wildman–Crippen MR) is 88.6 cm³/mol. The first-order valence-electron chi connectivity index (χ1n) is 8.52. The first-order valence-corrected chi connectivity index (χ1v) is 8.52. The summed E-state index contributed by atoms with van der Waals surface area (Å²) in [5.41, 5.74) is 1.42. The Morgan fingerprint density at radius 1 is 1.20 bits per heavy atom. The Kier molecular flexibility index (Phi) is 4.67. The van der Waals surface area contributed by atoms with Crippen LogP contribution in [0.4, 0.5) is 0 Å². The van der Waals surface area contributed by atoms with E-state index >= 15 is 0 Å². The third-order valence-corrected chi connectivity index (χ3v) is 4.79. The number of carbonyl (C=O) groups excluding carboxylic acids is 1. The number of amides is 1. The van der Waals surface area contributed by atoms with Crippen LogP contribution >= 0.6 is 0 Å². The number of pyridine rings is 1. The number of fused-ring (bicyclic) bond motifs is 2. The zero-order chi connectivity index (χ0) is 17.1. The summed E-state index contributed by atoms with van der Waals surface area (Å²) in [6.07, 6.45) is 9.79. The van der Waals surface area contributed by atoms with E-state index in [1.165, 1.54) is 12.4 Å². The average molecular weight is 340 g/mol. The van der Waals surface area contributed by atoms with Gasteiger partial charge in [-0.15, -0.1) is 0 Å². The SMILES string of the molecule is O=C(c1cnccn1)N1CCO[C@H]2CC[C@H]1[C@H]2OCc1ccncc1. The molecule has 2 aliphatic rings. The molecule has 1 saturated heterocycles. The molecule has 0 N–H and O–H groups in total. The molecular weight excluding hydrogens is 320 g/mol. The quantitative estimate of drug-likeness (QED) is 0.839. The molecule has 2 aromatic heterocycles. The van der Waals surface area contributed by atoms with Crippen molar-refractivity contribution in [2.75, 3.05) is 13.2 Å². The zero-order valence-corrected chi connectivity index (χ0v) is 13.8. The van der Waals surface area contributed by atoms with Crippen molar-refractivity contribution in [2.45, 2.75) is 37.7 Å². The van der Waals surface area contributed by atoms with Gasteiger partial charge in [0.1, 0.15) is 11.8 Å². The third-order valence-electron chi connectivity index (χ3n) is 4.79. The van der Waals surface area contributed by atoms with Crippen molar-refractivity contribution in [1.29, 1.82) is 0 Å². The molecule has 3 atom stereocenters. The van der Waals surface area contributed by atoms with Gasteiger partial charge in [0.2, 0.25) is 0 Å². The van der Waals surface area contributed by atoms with Crippen molar-refractivity contribution < 1.29 is 14.3 Å². The van der Waals surface area contributed by atoms with Crippen molar-refractivity contribution in [3.8, 4) is 0 Å². The summed E-state index contributed by atoms with van der Waals surface area (Å²) < 4.78 is 12.1. The number of carbonyl (C=O) groups is 1. The smallest absolute Gasteiger partial charge is 0.274 e. The second-order valence-electron chi connectivity index (χ2n) is 6.27. The number of aromatic nitrogens is 3. The molecular formula is C18H20N4O3. The van der Waals surface area contributed by atoms with Crippen molar-refractivity contribution >= 4 is 5.91 Å². The highest BCUT2D eigenvalue weighted by atomic mass is 16.5. The molecule has 1 saturated carbocycles. The highest BCUT2D eigenvalue weighted by molar-refractivity contribution is 5.92. The molecule has 25 heavy (non-hydrogen) atoms. The minimum absolute atomic E-state index is 0.00356. The topological polar surface area (TPSA) is 77.4 Å². The second-order valence-corrected chi connectivity index (χ2v) is 6.27. The summed E-state index contributed by atoms with van der Waals surface area (Å²) in [7, 11) is 0. The fourth-order valence-corrected chi connectivity index (χ4v) is 3.59. The fourth-order valence-electron chi connectivity index (χ4n) is 3.59. The Labute approximate surface area is 146 Å².